The molecule has 2 aromatic rings. The highest BCUT2D eigenvalue weighted by Gasteiger charge is 2.13. The smallest absolute Gasteiger partial charge is 0.145 e. The Morgan fingerprint density at radius 1 is 1.14 bits per heavy atom. The second kappa shape index (κ2) is 6.39. The zero-order valence-corrected chi connectivity index (χ0v) is 12.7. The second-order valence-electron chi connectivity index (χ2n) is 5.46. The Morgan fingerprint density at radius 3 is 2.71 bits per heavy atom. The molecule has 1 aromatic heterocycles. The molecule has 1 aliphatic heterocycles. The van der Waals surface area contributed by atoms with E-state index in [1.807, 2.05) is 12.1 Å². The summed E-state index contributed by atoms with van der Waals surface area (Å²) in [7, 11) is 3.85. The molecular formula is C16H22N4O. The summed E-state index contributed by atoms with van der Waals surface area (Å²) in [4.78, 5) is 7.07. The summed E-state index contributed by atoms with van der Waals surface area (Å²) >= 11 is 0. The predicted molar refractivity (Wildman–Crippen MR) is 84.2 cm³/mol. The van der Waals surface area contributed by atoms with Crippen LogP contribution in [0.3, 0.4) is 0 Å². The molecule has 2 heterocycles. The van der Waals surface area contributed by atoms with Gasteiger partial charge in [-0.05, 0) is 19.2 Å². The molecule has 1 aromatic carbocycles. The molecular weight excluding hydrogens is 264 g/mol. The zero-order chi connectivity index (χ0) is 14.7. The molecule has 1 saturated heterocycles. The first kappa shape index (κ1) is 14.3. The fourth-order valence-corrected chi connectivity index (χ4v) is 2.58. The van der Waals surface area contributed by atoms with Gasteiger partial charge in [0.2, 0.25) is 0 Å². The number of hydrogen-bond donors (Lipinski definition) is 1. The molecule has 21 heavy (non-hydrogen) atoms. The van der Waals surface area contributed by atoms with Crippen molar-refractivity contribution in [2.75, 3.05) is 40.3 Å². The highest BCUT2D eigenvalue weighted by atomic mass is 16.5. The van der Waals surface area contributed by atoms with Crippen molar-refractivity contribution >= 4 is 10.9 Å². The summed E-state index contributed by atoms with van der Waals surface area (Å²) in [5.41, 5.74) is 5.43. The summed E-state index contributed by atoms with van der Waals surface area (Å²) < 4.78 is 5.39. The van der Waals surface area contributed by atoms with Crippen LogP contribution in [0.15, 0.2) is 30.3 Å². The number of ether oxygens (including phenoxy) is 1. The van der Waals surface area contributed by atoms with Crippen LogP contribution < -0.4 is 10.2 Å². The number of aromatic nitrogens is 1. The fourth-order valence-electron chi connectivity index (χ4n) is 2.58. The summed E-state index contributed by atoms with van der Waals surface area (Å²) in [5.74, 6) is 0.828. The Balaban J connectivity index is 1.69. The maximum atomic E-state index is 5.39. The first-order valence-corrected chi connectivity index (χ1v) is 7.36. The Labute approximate surface area is 125 Å². The number of hydrazine groups is 1. The van der Waals surface area contributed by atoms with Gasteiger partial charge in [0.1, 0.15) is 11.3 Å². The zero-order valence-electron chi connectivity index (χ0n) is 12.7. The molecule has 0 saturated carbocycles. The summed E-state index contributed by atoms with van der Waals surface area (Å²) in [6.07, 6.45) is 0. The lowest BCUT2D eigenvalue weighted by molar-refractivity contribution is 0.102. The lowest BCUT2D eigenvalue weighted by Crippen LogP contribution is -2.50. The van der Waals surface area contributed by atoms with Crippen molar-refractivity contribution in [2.45, 2.75) is 6.54 Å². The molecule has 0 spiro atoms. The molecule has 0 atom stereocenters. The van der Waals surface area contributed by atoms with Crippen molar-refractivity contribution < 1.29 is 4.74 Å². The Morgan fingerprint density at radius 2 is 1.95 bits per heavy atom. The first-order valence-electron chi connectivity index (χ1n) is 7.36. The van der Waals surface area contributed by atoms with E-state index in [0.29, 0.717) is 0 Å². The number of rotatable bonds is 4. The Kier molecular flexibility index (Phi) is 4.34. The van der Waals surface area contributed by atoms with Crippen molar-refractivity contribution in [3.63, 3.8) is 0 Å². The maximum absolute atomic E-state index is 5.39. The molecule has 5 nitrogen and oxygen atoms in total. The van der Waals surface area contributed by atoms with Gasteiger partial charge in [-0.1, -0.05) is 18.2 Å². The van der Waals surface area contributed by atoms with Crippen molar-refractivity contribution in [1.82, 2.24) is 20.3 Å². The van der Waals surface area contributed by atoms with E-state index in [4.69, 9.17) is 9.72 Å². The van der Waals surface area contributed by atoms with Crippen LogP contribution in [0.25, 0.3) is 10.9 Å². The number of nitrogens with zero attached hydrogens (tertiary/aromatic N) is 3. The number of likely N-dealkylation sites (N-methyl/N-ethyl adjacent to an activating group) is 1. The Hall–Kier alpha value is -1.69. The van der Waals surface area contributed by atoms with E-state index in [9.17, 15) is 0 Å². The number of hydrogen-bond acceptors (Lipinski definition) is 5. The van der Waals surface area contributed by atoms with E-state index < -0.39 is 0 Å². The van der Waals surface area contributed by atoms with E-state index in [-0.39, 0.29) is 0 Å². The van der Waals surface area contributed by atoms with Gasteiger partial charge in [0.15, 0.2) is 0 Å². The Bertz CT molecular complexity index is 608. The van der Waals surface area contributed by atoms with Crippen LogP contribution in [0.5, 0.6) is 5.75 Å². The van der Waals surface area contributed by atoms with E-state index in [1.54, 1.807) is 7.11 Å². The number of para-hydroxylation sites is 1. The highest BCUT2D eigenvalue weighted by molar-refractivity contribution is 5.84. The maximum Gasteiger partial charge on any atom is 0.145 e. The van der Waals surface area contributed by atoms with Crippen LogP contribution in [0.4, 0.5) is 0 Å². The third-order valence-corrected chi connectivity index (χ3v) is 3.95. The van der Waals surface area contributed by atoms with Gasteiger partial charge in [0.25, 0.3) is 0 Å². The van der Waals surface area contributed by atoms with Crippen molar-refractivity contribution in [1.29, 1.82) is 0 Å². The molecule has 1 fully saturated rings. The minimum absolute atomic E-state index is 0.748. The van der Waals surface area contributed by atoms with E-state index in [2.05, 4.69) is 40.6 Å². The molecule has 112 valence electrons. The third-order valence-electron chi connectivity index (χ3n) is 3.95. The molecule has 3 rings (SSSR count). The molecule has 0 aliphatic carbocycles. The van der Waals surface area contributed by atoms with Crippen molar-refractivity contribution in [3.8, 4) is 5.75 Å². The molecule has 1 aliphatic rings. The molecule has 0 radical (unpaired) electrons. The van der Waals surface area contributed by atoms with Gasteiger partial charge < -0.3 is 9.64 Å². The quantitative estimate of drug-likeness (QED) is 0.922. The number of fused-ring (bicyclic) bond motifs is 1. The van der Waals surface area contributed by atoms with Gasteiger partial charge >= 0.3 is 0 Å². The lowest BCUT2D eigenvalue weighted by Gasteiger charge is -2.32. The van der Waals surface area contributed by atoms with Gasteiger partial charge in [-0.2, -0.15) is 0 Å². The van der Waals surface area contributed by atoms with E-state index >= 15 is 0 Å². The lowest BCUT2D eigenvalue weighted by atomic mass is 10.2. The van der Waals surface area contributed by atoms with E-state index in [0.717, 1.165) is 55.1 Å². The summed E-state index contributed by atoms with van der Waals surface area (Å²) in [6, 6.07) is 10.2. The normalized spacial score (nSPS) is 17.2. The monoisotopic (exact) mass is 286 g/mol. The minimum atomic E-state index is 0.748. The van der Waals surface area contributed by atoms with Crippen molar-refractivity contribution in [2.24, 2.45) is 0 Å². The molecule has 1 N–H and O–H groups in total. The van der Waals surface area contributed by atoms with Gasteiger partial charge in [-0.3, -0.25) is 0 Å². The van der Waals surface area contributed by atoms with Crippen LogP contribution in [-0.4, -0.2) is 55.2 Å². The standard InChI is InChI=1S/C16H22N4O/c1-19-8-10-20(11-9-19)17-12-14-7-6-13-4-3-5-15(21-2)16(13)18-14/h3-7,17H,8-12H2,1-2H3. The summed E-state index contributed by atoms with van der Waals surface area (Å²) in [5, 5.41) is 3.38. The van der Waals surface area contributed by atoms with Gasteiger partial charge in [0, 0.05) is 31.6 Å². The predicted octanol–water partition coefficient (Wildman–Crippen LogP) is 1.50. The SMILES string of the molecule is COc1cccc2ccc(CNN3CCN(C)CC3)nc12. The van der Waals surface area contributed by atoms with Crippen LogP contribution in [-0.2, 0) is 6.54 Å². The van der Waals surface area contributed by atoms with Gasteiger partial charge in [-0.25, -0.2) is 15.4 Å². The summed E-state index contributed by atoms with van der Waals surface area (Å²) in [6.45, 7) is 5.05. The largest absolute Gasteiger partial charge is 0.494 e. The van der Waals surface area contributed by atoms with Crippen LogP contribution >= 0.6 is 0 Å². The topological polar surface area (TPSA) is 40.6 Å². The molecule has 0 amide bonds. The fraction of sp³-hybridized carbons (Fsp3) is 0.438. The molecule has 5 heteroatoms. The number of piperazine rings is 1. The third kappa shape index (κ3) is 3.32. The van der Waals surface area contributed by atoms with Crippen molar-refractivity contribution in [3.05, 3.63) is 36.0 Å². The number of benzene rings is 1. The second-order valence-corrected chi connectivity index (χ2v) is 5.46. The van der Waals surface area contributed by atoms with Crippen LogP contribution in [0.1, 0.15) is 5.69 Å². The van der Waals surface area contributed by atoms with Crippen LogP contribution in [0, 0.1) is 0 Å². The molecule has 0 bridgehead atoms. The van der Waals surface area contributed by atoms with E-state index in [1.165, 1.54) is 0 Å². The number of nitrogens with one attached hydrogen (secondary N) is 1. The van der Waals surface area contributed by atoms with Gasteiger partial charge in [0.05, 0.1) is 19.3 Å². The average molecular weight is 286 g/mol. The average Bonchev–Trinajstić information content (AvgIpc) is 2.53. The minimum Gasteiger partial charge on any atom is -0.494 e. The number of pyridine rings is 1. The first-order chi connectivity index (χ1) is 10.3. The highest BCUT2D eigenvalue weighted by Crippen LogP contribution is 2.23. The van der Waals surface area contributed by atoms with Crippen LogP contribution in [0.2, 0.25) is 0 Å². The number of methoxy groups -OCH3 is 1. The van der Waals surface area contributed by atoms with Gasteiger partial charge in [-0.15, -0.1) is 0 Å². The molecule has 0 unspecified atom stereocenters.